The molecule has 1 aromatic rings. The summed E-state index contributed by atoms with van der Waals surface area (Å²) in [6.07, 6.45) is 5.68. The van der Waals surface area contributed by atoms with Gasteiger partial charge in [0.1, 0.15) is 0 Å². The Bertz CT molecular complexity index is 342. The van der Waals surface area contributed by atoms with E-state index in [-0.39, 0.29) is 6.42 Å². The first-order chi connectivity index (χ1) is 7.58. The number of hydrogen-bond acceptors (Lipinski definition) is 4. The summed E-state index contributed by atoms with van der Waals surface area (Å²) >= 11 is 0. The lowest BCUT2D eigenvalue weighted by atomic mass is 9.93. The Balaban J connectivity index is 2.90. The summed E-state index contributed by atoms with van der Waals surface area (Å²) in [6, 6.07) is 0. The fourth-order valence-electron chi connectivity index (χ4n) is 1.53. The first kappa shape index (κ1) is 12.6. The van der Waals surface area contributed by atoms with Crippen LogP contribution in [-0.4, -0.2) is 27.6 Å². The highest BCUT2D eigenvalue weighted by Crippen LogP contribution is 2.21. The van der Waals surface area contributed by atoms with E-state index in [9.17, 15) is 4.79 Å². The number of aromatic nitrogens is 2. The SMILES string of the molecule is CCCNC(C)(CC(=O)O)c1cnccn1. The smallest absolute Gasteiger partial charge is 0.305 e. The zero-order valence-corrected chi connectivity index (χ0v) is 9.60. The second-order valence-corrected chi connectivity index (χ2v) is 3.92. The van der Waals surface area contributed by atoms with E-state index < -0.39 is 11.5 Å². The van der Waals surface area contributed by atoms with Gasteiger partial charge in [-0.05, 0) is 19.9 Å². The van der Waals surface area contributed by atoms with Crippen LogP contribution in [0.3, 0.4) is 0 Å². The first-order valence-corrected chi connectivity index (χ1v) is 5.32. The van der Waals surface area contributed by atoms with Crippen LogP contribution in [0.1, 0.15) is 32.4 Å². The van der Waals surface area contributed by atoms with Crippen LogP contribution in [0.25, 0.3) is 0 Å². The number of carboxylic acids is 1. The summed E-state index contributed by atoms with van der Waals surface area (Å²) in [6.45, 7) is 4.62. The second-order valence-electron chi connectivity index (χ2n) is 3.92. The van der Waals surface area contributed by atoms with Gasteiger partial charge in [0.2, 0.25) is 0 Å². The molecule has 2 N–H and O–H groups in total. The van der Waals surface area contributed by atoms with Crippen LogP contribution in [0.4, 0.5) is 0 Å². The van der Waals surface area contributed by atoms with E-state index in [2.05, 4.69) is 15.3 Å². The minimum Gasteiger partial charge on any atom is -0.481 e. The molecule has 0 saturated carbocycles. The maximum atomic E-state index is 10.9. The monoisotopic (exact) mass is 223 g/mol. The van der Waals surface area contributed by atoms with E-state index in [0.717, 1.165) is 13.0 Å². The molecule has 0 bridgehead atoms. The topological polar surface area (TPSA) is 75.1 Å². The Morgan fingerprint density at radius 3 is 2.81 bits per heavy atom. The molecular formula is C11H17N3O2. The third-order valence-corrected chi connectivity index (χ3v) is 2.40. The van der Waals surface area contributed by atoms with E-state index >= 15 is 0 Å². The van der Waals surface area contributed by atoms with Gasteiger partial charge in [0.15, 0.2) is 0 Å². The Labute approximate surface area is 94.9 Å². The molecule has 1 rings (SSSR count). The fourth-order valence-corrected chi connectivity index (χ4v) is 1.53. The van der Waals surface area contributed by atoms with Crippen molar-refractivity contribution in [3.8, 4) is 0 Å². The van der Waals surface area contributed by atoms with Crippen molar-refractivity contribution in [2.75, 3.05) is 6.54 Å². The van der Waals surface area contributed by atoms with Gasteiger partial charge in [-0.3, -0.25) is 14.8 Å². The average molecular weight is 223 g/mol. The minimum atomic E-state index is -0.850. The zero-order valence-electron chi connectivity index (χ0n) is 9.60. The molecule has 1 heterocycles. The van der Waals surface area contributed by atoms with E-state index in [4.69, 9.17) is 5.11 Å². The third kappa shape index (κ3) is 3.27. The largest absolute Gasteiger partial charge is 0.481 e. The van der Waals surface area contributed by atoms with Crippen molar-refractivity contribution in [2.45, 2.75) is 32.2 Å². The molecule has 0 aliphatic rings. The van der Waals surface area contributed by atoms with Crippen LogP contribution in [0.2, 0.25) is 0 Å². The number of aliphatic carboxylic acids is 1. The van der Waals surface area contributed by atoms with Crippen molar-refractivity contribution in [3.05, 3.63) is 24.3 Å². The van der Waals surface area contributed by atoms with Crippen LogP contribution in [0.15, 0.2) is 18.6 Å². The highest BCUT2D eigenvalue weighted by Gasteiger charge is 2.30. The normalized spacial score (nSPS) is 14.4. The molecule has 0 spiro atoms. The predicted octanol–water partition coefficient (Wildman–Crippen LogP) is 1.17. The molecular weight excluding hydrogens is 206 g/mol. The second kappa shape index (κ2) is 5.55. The summed E-state index contributed by atoms with van der Waals surface area (Å²) in [5.74, 6) is -0.850. The van der Waals surface area contributed by atoms with Crippen molar-refractivity contribution < 1.29 is 9.90 Å². The maximum Gasteiger partial charge on any atom is 0.305 e. The summed E-state index contributed by atoms with van der Waals surface area (Å²) < 4.78 is 0. The van der Waals surface area contributed by atoms with Crippen molar-refractivity contribution in [1.82, 2.24) is 15.3 Å². The number of rotatable bonds is 6. The quantitative estimate of drug-likeness (QED) is 0.757. The molecule has 5 nitrogen and oxygen atoms in total. The molecule has 88 valence electrons. The summed E-state index contributed by atoms with van der Waals surface area (Å²) in [4.78, 5) is 19.0. The van der Waals surface area contributed by atoms with E-state index in [1.54, 1.807) is 18.6 Å². The standard InChI is InChI=1S/C11H17N3O2/c1-3-4-14-11(2,7-10(15)16)9-8-12-5-6-13-9/h5-6,8,14H,3-4,7H2,1-2H3,(H,15,16). The van der Waals surface area contributed by atoms with Gasteiger partial charge in [-0.1, -0.05) is 6.92 Å². The number of nitrogens with zero attached hydrogens (tertiary/aromatic N) is 2. The highest BCUT2D eigenvalue weighted by atomic mass is 16.4. The Hall–Kier alpha value is -1.49. The number of carbonyl (C=O) groups is 1. The lowest BCUT2D eigenvalue weighted by molar-refractivity contribution is -0.138. The van der Waals surface area contributed by atoms with Gasteiger partial charge in [-0.25, -0.2) is 0 Å². The molecule has 16 heavy (non-hydrogen) atoms. The van der Waals surface area contributed by atoms with Crippen molar-refractivity contribution in [1.29, 1.82) is 0 Å². The summed E-state index contributed by atoms with van der Waals surface area (Å²) in [7, 11) is 0. The summed E-state index contributed by atoms with van der Waals surface area (Å²) in [5, 5.41) is 12.1. The number of hydrogen-bond donors (Lipinski definition) is 2. The molecule has 0 aliphatic heterocycles. The molecule has 0 amide bonds. The van der Waals surface area contributed by atoms with Crippen LogP contribution >= 0.6 is 0 Å². The van der Waals surface area contributed by atoms with Gasteiger partial charge in [-0.2, -0.15) is 0 Å². The van der Waals surface area contributed by atoms with Crippen molar-refractivity contribution in [3.63, 3.8) is 0 Å². The number of nitrogens with one attached hydrogen (secondary N) is 1. The van der Waals surface area contributed by atoms with Gasteiger partial charge in [-0.15, -0.1) is 0 Å². The maximum absolute atomic E-state index is 10.9. The molecule has 0 aromatic carbocycles. The number of carboxylic acid groups (broad SMARTS) is 1. The lowest BCUT2D eigenvalue weighted by Crippen LogP contribution is -2.42. The zero-order chi connectivity index (χ0) is 12.0. The minimum absolute atomic E-state index is 0.00824. The molecule has 0 aliphatic carbocycles. The molecule has 1 unspecified atom stereocenters. The van der Waals surface area contributed by atoms with Gasteiger partial charge in [0.05, 0.1) is 23.9 Å². The predicted molar refractivity (Wildman–Crippen MR) is 59.9 cm³/mol. The molecule has 0 saturated heterocycles. The summed E-state index contributed by atoms with van der Waals surface area (Å²) in [5.41, 5.74) is 0.00155. The van der Waals surface area contributed by atoms with Gasteiger partial charge < -0.3 is 10.4 Å². The van der Waals surface area contributed by atoms with Gasteiger partial charge >= 0.3 is 5.97 Å². The highest BCUT2D eigenvalue weighted by molar-refractivity contribution is 5.68. The van der Waals surface area contributed by atoms with Gasteiger partial charge in [0, 0.05) is 12.4 Å². The van der Waals surface area contributed by atoms with Crippen molar-refractivity contribution in [2.24, 2.45) is 0 Å². The molecule has 1 aromatic heterocycles. The van der Waals surface area contributed by atoms with Gasteiger partial charge in [0.25, 0.3) is 0 Å². The van der Waals surface area contributed by atoms with E-state index in [1.807, 2.05) is 13.8 Å². The average Bonchev–Trinajstić information content (AvgIpc) is 2.27. The third-order valence-electron chi connectivity index (χ3n) is 2.40. The van der Waals surface area contributed by atoms with Crippen molar-refractivity contribution >= 4 is 5.97 Å². The fraction of sp³-hybridized carbons (Fsp3) is 0.545. The Morgan fingerprint density at radius 2 is 2.31 bits per heavy atom. The molecule has 0 radical (unpaired) electrons. The van der Waals surface area contributed by atoms with Crippen LogP contribution < -0.4 is 5.32 Å². The lowest BCUT2D eigenvalue weighted by Gasteiger charge is -2.28. The molecule has 0 fully saturated rings. The van der Waals surface area contributed by atoms with Crippen LogP contribution in [0, 0.1) is 0 Å². The Kier molecular flexibility index (Phi) is 4.37. The molecule has 1 atom stereocenters. The first-order valence-electron chi connectivity index (χ1n) is 5.32. The van der Waals surface area contributed by atoms with Crippen LogP contribution in [-0.2, 0) is 10.3 Å². The Morgan fingerprint density at radius 1 is 1.56 bits per heavy atom. The van der Waals surface area contributed by atoms with E-state index in [1.165, 1.54) is 0 Å². The van der Waals surface area contributed by atoms with E-state index in [0.29, 0.717) is 5.69 Å². The van der Waals surface area contributed by atoms with Crippen LogP contribution in [0.5, 0.6) is 0 Å². The molecule has 5 heteroatoms.